The van der Waals surface area contributed by atoms with Crippen LogP contribution in [-0.2, 0) is 9.16 Å². The normalized spacial score (nSPS) is 15.4. The van der Waals surface area contributed by atoms with Crippen LogP contribution in [-0.4, -0.2) is 26.1 Å². The van der Waals surface area contributed by atoms with E-state index in [-0.39, 0.29) is 11.1 Å². The third-order valence-electron chi connectivity index (χ3n) is 3.76. The highest BCUT2D eigenvalue weighted by molar-refractivity contribution is 6.74. The smallest absolute Gasteiger partial charge is 0.408 e. The van der Waals surface area contributed by atoms with E-state index in [1.807, 2.05) is 34.6 Å². The van der Waals surface area contributed by atoms with Gasteiger partial charge in [0.25, 0.3) is 0 Å². The third-order valence-corrected chi connectivity index (χ3v) is 8.08. The largest absolute Gasteiger partial charge is 0.549 e. The average molecular weight is 316 g/mol. The molecule has 0 aliphatic carbocycles. The van der Waals surface area contributed by atoms with E-state index in [1.165, 1.54) is 0 Å². The molecule has 5 heteroatoms. The molecule has 1 amide bonds. The summed E-state index contributed by atoms with van der Waals surface area (Å²) < 4.78 is 11.3. The van der Waals surface area contributed by atoms with Crippen molar-refractivity contribution in [3.8, 4) is 0 Å². The Labute approximate surface area is 131 Å². The number of carbonyl (C=O) groups is 1. The minimum atomic E-state index is -1.81. The number of alkyl carbamates (subject to hydrolysis) is 1. The fourth-order valence-corrected chi connectivity index (χ4v) is 1.95. The summed E-state index contributed by atoms with van der Waals surface area (Å²) in [4.78, 5) is 11.7. The molecule has 1 N–H and O–H groups in total. The molecule has 0 aromatic rings. The fourth-order valence-electron chi connectivity index (χ4n) is 1.12. The van der Waals surface area contributed by atoms with Gasteiger partial charge in [0.15, 0.2) is 0 Å². The van der Waals surface area contributed by atoms with Gasteiger partial charge in [-0.15, -0.1) is 0 Å². The van der Waals surface area contributed by atoms with E-state index >= 15 is 0 Å². The summed E-state index contributed by atoms with van der Waals surface area (Å²) >= 11 is 0. The molecular weight excluding hydrogens is 282 g/mol. The van der Waals surface area contributed by atoms with Gasteiger partial charge in [0.2, 0.25) is 8.32 Å². The van der Waals surface area contributed by atoms with E-state index < -0.39 is 20.0 Å². The highest BCUT2D eigenvalue weighted by atomic mass is 28.4. The maximum absolute atomic E-state index is 11.7. The van der Waals surface area contributed by atoms with Gasteiger partial charge < -0.3 is 14.5 Å². The summed E-state index contributed by atoms with van der Waals surface area (Å²) in [6.45, 7) is 20.4. The zero-order valence-electron chi connectivity index (χ0n) is 15.4. The van der Waals surface area contributed by atoms with E-state index in [0.717, 1.165) is 5.57 Å². The van der Waals surface area contributed by atoms with Gasteiger partial charge in [-0.3, -0.25) is 0 Å². The molecule has 0 bridgehead atoms. The predicted molar refractivity (Wildman–Crippen MR) is 90.9 cm³/mol. The Bertz CT molecular complexity index is 389. The van der Waals surface area contributed by atoms with Crippen molar-refractivity contribution in [3.63, 3.8) is 0 Å². The fraction of sp³-hybridized carbons (Fsp3) is 0.812. The van der Waals surface area contributed by atoms with Crippen LogP contribution in [0.25, 0.3) is 0 Å². The minimum Gasteiger partial charge on any atom is -0.549 e. The highest BCUT2D eigenvalue weighted by Crippen LogP contribution is 2.36. The Balaban J connectivity index is 4.62. The molecule has 1 unspecified atom stereocenters. The molecule has 124 valence electrons. The van der Waals surface area contributed by atoms with Crippen molar-refractivity contribution in [3.05, 3.63) is 11.8 Å². The molecule has 0 saturated carbocycles. The standard InChI is InChI=1S/C16H33NO3Si/c1-12(11-19-21(9,10)16(6,7)8)13(2)17-14(18)20-15(3,4)5/h11,13H,1-10H3,(H,17,18). The zero-order chi connectivity index (χ0) is 17.1. The third kappa shape index (κ3) is 7.55. The van der Waals surface area contributed by atoms with Crippen LogP contribution < -0.4 is 5.32 Å². The van der Waals surface area contributed by atoms with Crippen LogP contribution in [0.5, 0.6) is 0 Å². The van der Waals surface area contributed by atoms with Gasteiger partial charge in [-0.1, -0.05) is 20.8 Å². The molecule has 0 fully saturated rings. The van der Waals surface area contributed by atoms with E-state index in [0.29, 0.717) is 0 Å². The average Bonchev–Trinajstić information content (AvgIpc) is 2.21. The molecule has 1 atom stereocenters. The maximum atomic E-state index is 11.7. The first-order valence-electron chi connectivity index (χ1n) is 7.50. The van der Waals surface area contributed by atoms with Gasteiger partial charge >= 0.3 is 6.09 Å². The van der Waals surface area contributed by atoms with Crippen LogP contribution >= 0.6 is 0 Å². The quantitative estimate of drug-likeness (QED) is 0.597. The van der Waals surface area contributed by atoms with E-state index in [9.17, 15) is 4.79 Å². The van der Waals surface area contributed by atoms with Crippen molar-refractivity contribution in [1.29, 1.82) is 0 Å². The van der Waals surface area contributed by atoms with Crippen LogP contribution in [0.3, 0.4) is 0 Å². The predicted octanol–water partition coefficient (Wildman–Crippen LogP) is 4.83. The summed E-state index contributed by atoms with van der Waals surface area (Å²) in [6, 6.07) is -0.121. The van der Waals surface area contributed by atoms with Crippen molar-refractivity contribution >= 4 is 14.4 Å². The molecule has 4 nitrogen and oxygen atoms in total. The van der Waals surface area contributed by atoms with E-state index in [2.05, 4.69) is 39.2 Å². The lowest BCUT2D eigenvalue weighted by molar-refractivity contribution is 0.0515. The second-order valence-corrected chi connectivity index (χ2v) is 12.9. The molecule has 0 rings (SSSR count). The van der Waals surface area contributed by atoms with Crippen molar-refractivity contribution in [1.82, 2.24) is 5.32 Å². The van der Waals surface area contributed by atoms with Crippen molar-refractivity contribution in [2.24, 2.45) is 0 Å². The second-order valence-electron chi connectivity index (χ2n) is 8.11. The summed E-state index contributed by atoms with van der Waals surface area (Å²) in [7, 11) is -1.81. The summed E-state index contributed by atoms with van der Waals surface area (Å²) in [5.41, 5.74) is 0.490. The second kappa shape index (κ2) is 6.86. The molecule has 0 aromatic heterocycles. The lowest BCUT2D eigenvalue weighted by atomic mass is 10.2. The summed E-state index contributed by atoms with van der Waals surface area (Å²) in [5, 5.41) is 2.98. The Morgan fingerprint density at radius 2 is 1.62 bits per heavy atom. The molecule has 0 aromatic carbocycles. The molecule has 0 heterocycles. The number of carbonyl (C=O) groups excluding carboxylic acids is 1. The maximum Gasteiger partial charge on any atom is 0.408 e. The first-order valence-corrected chi connectivity index (χ1v) is 10.4. The summed E-state index contributed by atoms with van der Waals surface area (Å²) in [5.74, 6) is 0. The van der Waals surface area contributed by atoms with Crippen LogP contribution in [0.2, 0.25) is 18.1 Å². The Hall–Kier alpha value is -0.973. The van der Waals surface area contributed by atoms with Crippen LogP contribution in [0, 0.1) is 0 Å². The number of amides is 1. The van der Waals surface area contributed by atoms with Gasteiger partial charge in [0.1, 0.15) is 5.60 Å². The molecule has 21 heavy (non-hydrogen) atoms. The Kier molecular flexibility index (Phi) is 6.54. The number of ether oxygens (including phenoxy) is 1. The molecule has 0 saturated heterocycles. The summed E-state index contributed by atoms with van der Waals surface area (Å²) in [6.07, 6.45) is 1.38. The molecule has 0 aliphatic rings. The molecule has 0 spiro atoms. The Morgan fingerprint density at radius 1 is 1.14 bits per heavy atom. The number of nitrogens with one attached hydrogen (secondary N) is 1. The van der Waals surface area contributed by atoms with Crippen molar-refractivity contribution < 1.29 is 14.0 Å². The number of hydrogen-bond donors (Lipinski definition) is 1. The van der Waals surface area contributed by atoms with E-state index in [4.69, 9.17) is 9.16 Å². The molecule has 0 radical (unpaired) electrons. The lowest BCUT2D eigenvalue weighted by Crippen LogP contribution is -2.40. The monoisotopic (exact) mass is 315 g/mol. The van der Waals surface area contributed by atoms with Crippen molar-refractivity contribution in [2.75, 3.05) is 0 Å². The minimum absolute atomic E-state index is 0.121. The first kappa shape index (κ1) is 20.0. The topological polar surface area (TPSA) is 47.6 Å². The van der Waals surface area contributed by atoms with Gasteiger partial charge in [-0.2, -0.15) is 0 Å². The van der Waals surface area contributed by atoms with E-state index in [1.54, 1.807) is 6.26 Å². The van der Waals surface area contributed by atoms with Crippen LogP contribution in [0.15, 0.2) is 11.8 Å². The highest BCUT2D eigenvalue weighted by Gasteiger charge is 2.38. The zero-order valence-corrected chi connectivity index (χ0v) is 16.4. The Morgan fingerprint density at radius 3 is 2.00 bits per heavy atom. The van der Waals surface area contributed by atoms with Crippen LogP contribution in [0.1, 0.15) is 55.4 Å². The first-order chi connectivity index (χ1) is 9.16. The van der Waals surface area contributed by atoms with Gasteiger partial charge in [0.05, 0.1) is 12.3 Å². The molecule has 0 aliphatic heterocycles. The van der Waals surface area contributed by atoms with Gasteiger partial charge in [-0.25, -0.2) is 4.79 Å². The van der Waals surface area contributed by atoms with Crippen molar-refractivity contribution in [2.45, 2.75) is 85.2 Å². The molecular formula is C16H33NO3Si. The van der Waals surface area contributed by atoms with Crippen LogP contribution in [0.4, 0.5) is 4.79 Å². The number of hydrogen-bond acceptors (Lipinski definition) is 3. The van der Waals surface area contributed by atoms with Gasteiger partial charge in [-0.05, 0) is 58.3 Å². The number of rotatable bonds is 4. The van der Waals surface area contributed by atoms with Gasteiger partial charge in [0, 0.05) is 0 Å². The SMILES string of the molecule is CC(=CO[Si](C)(C)C(C)(C)C)C(C)NC(=O)OC(C)(C)C. The lowest BCUT2D eigenvalue weighted by Gasteiger charge is -2.35.